The van der Waals surface area contributed by atoms with Gasteiger partial charge in [0.15, 0.2) is 0 Å². The Morgan fingerprint density at radius 1 is 1.21 bits per heavy atom. The Hall–Kier alpha value is -0.830. The maximum absolute atomic E-state index is 9.94. The number of anilines is 1. The molecule has 0 aromatic heterocycles. The quantitative estimate of drug-likeness (QED) is 0.392. The van der Waals surface area contributed by atoms with Crippen LogP contribution in [0, 0.1) is 14.1 Å². The van der Waals surface area contributed by atoms with Crippen molar-refractivity contribution < 1.29 is 5.11 Å². The molecule has 0 saturated carbocycles. The first-order valence-corrected chi connectivity index (χ1v) is 7.76. The summed E-state index contributed by atoms with van der Waals surface area (Å²) in [5, 5.41) is 14.1. The van der Waals surface area contributed by atoms with E-state index in [2.05, 4.69) is 55.7 Å². The first kappa shape index (κ1) is 14.6. The topological polar surface area (TPSA) is 44.6 Å². The van der Waals surface area contributed by atoms with Gasteiger partial charge in [0.1, 0.15) is 5.75 Å². The molecule has 19 heavy (non-hydrogen) atoms. The van der Waals surface area contributed by atoms with Crippen LogP contribution in [0.2, 0.25) is 0 Å². The molecule has 0 aliphatic rings. The molecule has 0 radical (unpaired) electrons. The zero-order valence-electron chi connectivity index (χ0n) is 10.2. The Balaban J connectivity index is 2.18. The van der Waals surface area contributed by atoms with Crippen LogP contribution in [0.5, 0.6) is 5.75 Å². The molecule has 3 nitrogen and oxygen atoms in total. The summed E-state index contributed by atoms with van der Waals surface area (Å²) in [5.74, 6) is 0.261. The number of nitrogens with zero attached hydrogens (tertiary/aromatic N) is 1. The van der Waals surface area contributed by atoms with Crippen LogP contribution >= 0.6 is 45.2 Å². The number of hydrazone groups is 1. The molecule has 0 bridgehead atoms. The Morgan fingerprint density at radius 3 is 2.68 bits per heavy atom. The van der Waals surface area contributed by atoms with Crippen LogP contribution in [0.4, 0.5) is 5.69 Å². The lowest BCUT2D eigenvalue weighted by molar-refractivity contribution is 0.470. The lowest BCUT2D eigenvalue weighted by Crippen LogP contribution is -1.94. The van der Waals surface area contributed by atoms with Gasteiger partial charge in [0.05, 0.1) is 15.5 Å². The van der Waals surface area contributed by atoms with Crippen LogP contribution in [0.15, 0.2) is 41.5 Å². The van der Waals surface area contributed by atoms with E-state index in [1.807, 2.05) is 43.3 Å². The van der Waals surface area contributed by atoms with Crippen LogP contribution in [-0.2, 0) is 0 Å². The summed E-state index contributed by atoms with van der Waals surface area (Å²) >= 11 is 4.33. The molecule has 0 amide bonds. The van der Waals surface area contributed by atoms with Crippen LogP contribution in [0.25, 0.3) is 0 Å². The molecule has 0 unspecified atom stereocenters. The summed E-state index contributed by atoms with van der Waals surface area (Å²) in [6.45, 7) is 2.02. The number of phenols is 1. The van der Waals surface area contributed by atoms with Crippen molar-refractivity contribution in [3.8, 4) is 5.75 Å². The zero-order valence-corrected chi connectivity index (χ0v) is 14.5. The highest BCUT2D eigenvalue weighted by Crippen LogP contribution is 2.25. The van der Waals surface area contributed by atoms with Gasteiger partial charge < -0.3 is 5.11 Å². The van der Waals surface area contributed by atoms with Crippen molar-refractivity contribution >= 4 is 57.1 Å². The van der Waals surface area contributed by atoms with E-state index in [0.29, 0.717) is 5.56 Å². The molecule has 0 atom stereocenters. The van der Waals surface area contributed by atoms with Gasteiger partial charge in [-0.1, -0.05) is 18.2 Å². The highest BCUT2D eigenvalue weighted by atomic mass is 127. The molecular weight excluding hydrogens is 466 g/mol. The second-order valence-electron chi connectivity index (χ2n) is 4.01. The predicted molar refractivity (Wildman–Crippen MR) is 95.9 cm³/mol. The third-order valence-electron chi connectivity index (χ3n) is 2.59. The average Bonchev–Trinajstić information content (AvgIpc) is 2.37. The van der Waals surface area contributed by atoms with Gasteiger partial charge in [0, 0.05) is 9.13 Å². The predicted octanol–water partition coefficient (Wildman–Crippen LogP) is 4.36. The zero-order chi connectivity index (χ0) is 13.8. The molecule has 2 aromatic carbocycles. The van der Waals surface area contributed by atoms with Crippen molar-refractivity contribution in [3.05, 3.63) is 54.7 Å². The molecule has 0 fully saturated rings. The maximum Gasteiger partial charge on any atom is 0.137 e. The number of hydrogen-bond donors (Lipinski definition) is 2. The van der Waals surface area contributed by atoms with E-state index in [9.17, 15) is 5.11 Å². The molecule has 0 saturated heterocycles. The number of halogens is 2. The normalized spacial score (nSPS) is 10.9. The second-order valence-corrected chi connectivity index (χ2v) is 6.42. The summed E-state index contributed by atoms with van der Waals surface area (Å²) in [7, 11) is 0. The standard InChI is InChI=1S/C14H12I2N2O/c1-9-4-2-3-5-13(9)18-17-8-10-6-11(15)7-12(16)14(10)19/h2-8,18-19H,1H3/b17-8-. The van der Waals surface area contributed by atoms with Gasteiger partial charge in [-0.2, -0.15) is 5.10 Å². The lowest BCUT2D eigenvalue weighted by Gasteiger charge is -2.05. The average molecular weight is 478 g/mol. The second kappa shape index (κ2) is 6.56. The minimum absolute atomic E-state index is 0.261. The fourth-order valence-corrected chi connectivity index (χ4v) is 3.44. The van der Waals surface area contributed by atoms with Crippen LogP contribution in [0.3, 0.4) is 0 Å². The van der Waals surface area contributed by atoms with Crippen molar-refractivity contribution in [3.63, 3.8) is 0 Å². The summed E-state index contributed by atoms with van der Waals surface area (Å²) in [4.78, 5) is 0. The highest BCUT2D eigenvalue weighted by Gasteiger charge is 2.05. The van der Waals surface area contributed by atoms with E-state index < -0.39 is 0 Å². The number of para-hydroxylation sites is 1. The van der Waals surface area contributed by atoms with Gasteiger partial charge in [-0.3, -0.25) is 5.43 Å². The number of rotatable bonds is 3. The maximum atomic E-state index is 9.94. The summed E-state index contributed by atoms with van der Waals surface area (Å²) in [6.07, 6.45) is 1.63. The molecule has 2 N–H and O–H groups in total. The van der Waals surface area contributed by atoms with Crippen LogP contribution in [-0.4, -0.2) is 11.3 Å². The largest absolute Gasteiger partial charge is 0.506 e. The van der Waals surface area contributed by atoms with E-state index in [1.54, 1.807) is 6.21 Å². The summed E-state index contributed by atoms with van der Waals surface area (Å²) < 4.78 is 1.89. The SMILES string of the molecule is Cc1ccccc1N/N=C\c1cc(I)cc(I)c1O. The van der Waals surface area contributed by atoms with E-state index in [1.165, 1.54) is 0 Å². The fourth-order valence-electron chi connectivity index (χ4n) is 1.55. The van der Waals surface area contributed by atoms with Crippen LogP contribution < -0.4 is 5.43 Å². The van der Waals surface area contributed by atoms with E-state index in [0.717, 1.165) is 18.4 Å². The van der Waals surface area contributed by atoms with Crippen molar-refractivity contribution in [1.82, 2.24) is 0 Å². The summed E-state index contributed by atoms with van der Waals surface area (Å²) in [5.41, 5.74) is 5.77. The first-order chi connectivity index (χ1) is 9.08. The monoisotopic (exact) mass is 478 g/mol. The number of phenolic OH excluding ortho intramolecular Hbond substituents is 1. The van der Waals surface area contributed by atoms with Gasteiger partial charge in [-0.25, -0.2) is 0 Å². The van der Waals surface area contributed by atoms with Gasteiger partial charge >= 0.3 is 0 Å². The number of benzene rings is 2. The lowest BCUT2D eigenvalue weighted by atomic mass is 10.2. The van der Waals surface area contributed by atoms with Gasteiger partial charge in [-0.15, -0.1) is 0 Å². The van der Waals surface area contributed by atoms with E-state index in [-0.39, 0.29) is 5.75 Å². The fraction of sp³-hybridized carbons (Fsp3) is 0.0714. The highest BCUT2D eigenvalue weighted by molar-refractivity contribution is 14.1. The third kappa shape index (κ3) is 3.82. The van der Waals surface area contributed by atoms with Gasteiger partial charge in [0.25, 0.3) is 0 Å². The molecule has 0 aliphatic heterocycles. The van der Waals surface area contributed by atoms with Crippen molar-refractivity contribution in [2.45, 2.75) is 6.92 Å². The van der Waals surface area contributed by atoms with Crippen molar-refractivity contribution in [2.75, 3.05) is 5.43 Å². The molecule has 98 valence electrons. The number of hydrogen-bond acceptors (Lipinski definition) is 3. The molecular formula is C14H12I2N2O. The number of nitrogens with one attached hydrogen (secondary N) is 1. The van der Waals surface area contributed by atoms with Gasteiger partial charge in [0.2, 0.25) is 0 Å². The molecule has 0 aliphatic carbocycles. The Kier molecular flexibility index (Phi) is 5.03. The van der Waals surface area contributed by atoms with E-state index in [4.69, 9.17) is 0 Å². The summed E-state index contributed by atoms with van der Waals surface area (Å²) in [6, 6.07) is 11.7. The minimum atomic E-state index is 0.261. The minimum Gasteiger partial charge on any atom is -0.506 e. The van der Waals surface area contributed by atoms with Gasteiger partial charge in [-0.05, 0) is 75.9 Å². The number of aryl methyl sites for hydroxylation is 1. The molecule has 2 rings (SSSR count). The first-order valence-electron chi connectivity index (χ1n) is 5.60. The molecule has 0 spiro atoms. The molecule has 0 heterocycles. The number of aromatic hydroxyl groups is 1. The van der Waals surface area contributed by atoms with Crippen molar-refractivity contribution in [1.29, 1.82) is 0 Å². The molecule has 2 aromatic rings. The smallest absolute Gasteiger partial charge is 0.137 e. The Labute approximate surface area is 139 Å². The van der Waals surface area contributed by atoms with E-state index >= 15 is 0 Å². The van der Waals surface area contributed by atoms with Crippen LogP contribution in [0.1, 0.15) is 11.1 Å². The molecule has 5 heteroatoms. The Bertz CT molecular complexity index is 627. The van der Waals surface area contributed by atoms with Crippen molar-refractivity contribution in [2.24, 2.45) is 5.10 Å². The Morgan fingerprint density at radius 2 is 1.95 bits per heavy atom. The third-order valence-corrected chi connectivity index (χ3v) is 4.04.